The Morgan fingerprint density at radius 2 is 1.93 bits per heavy atom. The molecule has 0 bridgehead atoms. The van der Waals surface area contributed by atoms with Crippen LogP contribution in [0.25, 0.3) is 0 Å². The lowest BCUT2D eigenvalue weighted by molar-refractivity contribution is -0.137. The zero-order chi connectivity index (χ0) is 30.8. The van der Waals surface area contributed by atoms with Crippen molar-refractivity contribution >= 4 is 21.5 Å². The first-order valence-corrected chi connectivity index (χ1v) is 15.7. The molecule has 232 valence electrons. The fourth-order valence-electron chi connectivity index (χ4n) is 6.29. The summed E-state index contributed by atoms with van der Waals surface area (Å²) in [4.78, 5) is 13.7. The van der Waals surface area contributed by atoms with Gasteiger partial charge in [-0.05, 0) is 81.6 Å². The highest BCUT2D eigenvalue weighted by Crippen LogP contribution is 2.37. The van der Waals surface area contributed by atoms with E-state index in [4.69, 9.17) is 0 Å². The van der Waals surface area contributed by atoms with E-state index >= 15 is 4.39 Å². The maximum Gasteiger partial charge on any atom is 0.416 e. The van der Waals surface area contributed by atoms with E-state index in [9.17, 15) is 21.6 Å². The van der Waals surface area contributed by atoms with Gasteiger partial charge in [-0.15, -0.1) is 0 Å². The van der Waals surface area contributed by atoms with Crippen molar-refractivity contribution in [2.45, 2.75) is 42.3 Å². The van der Waals surface area contributed by atoms with Crippen LogP contribution in [0.1, 0.15) is 30.4 Å². The Kier molecular flexibility index (Phi) is 8.96. The highest BCUT2D eigenvalue weighted by atomic mass is 32.2. The van der Waals surface area contributed by atoms with Gasteiger partial charge in [0.1, 0.15) is 22.9 Å². The van der Waals surface area contributed by atoms with Crippen LogP contribution in [0.4, 0.5) is 29.1 Å². The van der Waals surface area contributed by atoms with Gasteiger partial charge < -0.3 is 9.80 Å². The lowest BCUT2D eigenvalue weighted by Crippen LogP contribution is -2.61. The molecule has 5 rings (SSSR count). The van der Waals surface area contributed by atoms with E-state index in [-0.39, 0.29) is 11.4 Å². The van der Waals surface area contributed by atoms with Crippen molar-refractivity contribution in [2.75, 3.05) is 56.4 Å². The Hall–Kier alpha value is -3.29. The molecule has 2 fully saturated rings. The average molecular weight is 621 g/mol. The van der Waals surface area contributed by atoms with Crippen molar-refractivity contribution in [2.24, 2.45) is 5.92 Å². The summed E-state index contributed by atoms with van der Waals surface area (Å²) in [5.41, 5.74) is 0.157. The number of anilines is 2. The number of piperidine rings is 1. The molecule has 2 aliphatic heterocycles. The van der Waals surface area contributed by atoms with Gasteiger partial charge in [0, 0.05) is 50.1 Å². The molecule has 0 amide bonds. The summed E-state index contributed by atoms with van der Waals surface area (Å²) in [6, 6.07) is 10.9. The van der Waals surface area contributed by atoms with Crippen molar-refractivity contribution in [3.8, 4) is 0 Å². The van der Waals surface area contributed by atoms with Gasteiger partial charge in [0.2, 0.25) is 0 Å². The zero-order valence-electron chi connectivity index (χ0n) is 24.2. The third-order valence-electron chi connectivity index (χ3n) is 8.56. The monoisotopic (exact) mass is 620 g/mol. The molecule has 2 aromatic carbocycles. The van der Waals surface area contributed by atoms with Gasteiger partial charge in [-0.25, -0.2) is 22.8 Å². The van der Waals surface area contributed by atoms with Gasteiger partial charge in [-0.1, -0.05) is 18.2 Å². The van der Waals surface area contributed by atoms with Gasteiger partial charge in [0.25, 0.3) is 10.0 Å². The van der Waals surface area contributed by atoms with Crippen molar-refractivity contribution in [3.63, 3.8) is 0 Å². The number of hydrogen-bond acceptors (Lipinski definition) is 7. The molecule has 0 spiro atoms. The van der Waals surface area contributed by atoms with Crippen LogP contribution in [0.5, 0.6) is 0 Å². The summed E-state index contributed by atoms with van der Waals surface area (Å²) in [7, 11) is -0.0761. The topological polar surface area (TPSA) is 81.7 Å². The summed E-state index contributed by atoms with van der Waals surface area (Å²) in [5, 5.41) is 0. The number of aromatic nitrogens is 2. The Morgan fingerprint density at radius 3 is 2.60 bits per heavy atom. The number of hydrogen-bond donors (Lipinski definition) is 1. The number of nitrogens with one attached hydrogen (secondary N) is 1. The molecule has 13 heteroatoms. The van der Waals surface area contributed by atoms with Crippen LogP contribution < -0.4 is 9.62 Å². The van der Waals surface area contributed by atoms with Crippen molar-refractivity contribution in [1.29, 1.82) is 0 Å². The van der Waals surface area contributed by atoms with Gasteiger partial charge in [0.15, 0.2) is 0 Å². The van der Waals surface area contributed by atoms with E-state index in [0.29, 0.717) is 43.1 Å². The second kappa shape index (κ2) is 12.4. The maximum absolute atomic E-state index is 15.3. The summed E-state index contributed by atoms with van der Waals surface area (Å²) in [6.07, 6.45) is 0.895. The first kappa shape index (κ1) is 31.1. The van der Waals surface area contributed by atoms with Crippen molar-refractivity contribution in [3.05, 3.63) is 78.0 Å². The highest BCUT2D eigenvalue weighted by Gasteiger charge is 2.41. The predicted molar refractivity (Wildman–Crippen MR) is 157 cm³/mol. The lowest BCUT2D eigenvalue weighted by Gasteiger charge is -2.51. The van der Waals surface area contributed by atoms with Gasteiger partial charge in [-0.3, -0.25) is 9.62 Å². The normalized spacial score (nSPS) is 20.3. The van der Waals surface area contributed by atoms with Crippen molar-refractivity contribution in [1.82, 2.24) is 19.8 Å². The van der Waals surface area contributed by atoms with E-state index < -0.39 is 32.5 Å². The van der Waals surface area contributed by atoms with E-state index in [1.165, 1.54) is 42.9 Å². The minimum Gasteiger partial charge on any atom is -0.370 e. The molecular formula is C30H36F4N6O2S. The molecule has 3 aromatic rings. The number of likely N-dealkylation sites (tertiary alicyclic amines) is 1. The average Bonchev–Trinajstić information content (AvgIpc) is 2.95. The van der Waals surface area contributed by atoms with Gasteiger partial charge in [0.05, 0.1) is 5.56 Å². The molecule has 3 heterocycles. The number of sulfonamides is 1. The summed E-state index contributed by atoms with van der Waals surface area (Å²) in [5.74, 6) is -0.356. The number of nitrogens with zero attached hydrogens (tertiary/aromatic N) is 5. The number of benzene rings is 2. The standard InChI is InChI=1S/C30H36F4N6O2S/c1-38-17-23(18-38)19-39(2)29(12-9-22-5-3-6-24(15-22)30(32,33)34)11-4-14-40(20-29)25-7-8-27(26(31)16-25)43(41,42)37-28-10-13-35-21-36-28/h3,5-8,10,13,15-16,21,23H,4,9,11-12,14,17-20H2,1-2H3,(H,35,36,37)/t29-/m0/s1. The van der Waals surface area contributed by atoms with E-state index in [2.05, 4.69) is 43.5 Å². The molecular weight excluding hydrogens is 584 g/mol. The summed E-state index contributed by atoms with van der Waals surface area (Å²) >= 11 is 0. The molecule has 0 aliphatic carbocycles. The number of likely N-dealkylation sites (N-methyl/N-ethyl adjacent to an activating group) is 1. The van der Waals surface area contributed by atoms with Crippen LogP contribution in [0, 0.1) is 11.7 Å². The number of halogens is 4. The number of alkyl halides is 3. The number of rotatable bonds is 10. The number of aryl methyl sites for hydroxylation is 1. The Bertz CT molecular complexity index is 1520. The Labute approximate surface area is 249 Å². The third-order valence-corrected chi connectivity index (χ3v) is 9.95. The van der Waals surface area contributed by atoms with Gasteiger partial charge >= 0.3 is 6.18 Å². The largest absolute Gasteiger partial charge is 0.416 e. The SMILES string of the molecule is CN1CC(CN(C)[C@]2(CCc3cccc(C(F)(F)F)c3)CCCN(c3ccc(S(=O)(=O)Nc4ccncn4)c(F)c3)C2)C1. The van der Waals surface area contributed by atoms with E-state index in [1.807, 2.05) is 0 Å². The van der Waals surface area contributed by atoms with Crippen LogP contribution in [0.15, 0.2) is 66.0 Å². The van der Waals surface area contributed by atoms with E-state index in [0.717, 1.165) is 38.5 Å². The fraction of sp³-hybridized carbons (Fsp3) is 0.467. The fourth-order valence-corrected chi connectivity index (χ4v) is 7.36. The minimum atomic E-state index is -4.41. The Morgan fingerprint density at radius 1 is 1.14 bits per heavy atom. The first-order valence-electron chi connectivity index (χ1n) is 14.2. The lowest BCUT2D eigenvalue weighted by atomic mass is 9.81. The van der Waals surface area contributed by atoms with E-state index in [1.54, 1.807) is 12.1 Å². The van der Waals surface area contributed by atoms with Crippen LogP contribution in [0.3, 0.4) is 0 Å². The first-order chi connectivity index (χ1) is 20.3. The predicted octanol–water partition coefficient (Wildman–Crippen LogP) is 4.90. The van der Waals surface area contributed by atoms with Crippen LogP contribution in [-0.2, 0) is 22.6 Å². The molecule has 2 saturated heterocycles. The van der Waals surface area contributed by atoms with Crippen LogP contribution >= 0.6 is 0 Å². The second-order valence-corrected chi connectivity index (χ2v) is 13.4. The molecule has 2 aliphatic rings. The second-order valence-electron chi connectivity index (χ2n) is 11.7. The minimum absolute atomic E-state index is 0.0285. The molecule has 1 N–H and O–H groups in total. The Balaban J connectivity index is 1.37. The van der Waals surface area contributed by atoms with Crippen LogP contribution in [0.2, 0.25) is 0 Å². The zero-order valence-corrected chi connectivity index (χ0v) is 25.0. The van der Waals surface area contributed by atoms with Gasteiger partial charge in [-0.2, -0.15) is 13.2 Å². The van der Waals surface area contributed by atoms with Crippen LogP contribution in [-0.4, -0.2) is 80.5 Å². The molecule has 0 saturated carbocycles. The smallest absolute Gasteiger partial charge is 0.370 e. The summed E-state index contributed by atoms with van der Waals surface area (Å²) in [6.45, 7) is 4.01. The maximum atomic E-state index is 15.3. The highest BCUT2D eigenvalue weighted by molar-refractivity contribution is 7.92. The quantitative estimate of drug-likeness (QED) is 0.323. The molecule has 0 radical (unpaired) electrons. The molecule has 1 atom stereocenters. The molecule has 43 heavy (non-hydrogen) atoms. The molecule has 0 unspecified atom stereocenters. The molecule has 1 aromatic heterocycles. The third kappa shape index (κ3) is 7.27. The molecule has 8 nitrogen and oxygen atoms in total. The van der Waals surface area contributed by atoms with Crippen molar-refractivity contribution < 1.29 is 26.0 Å². The summed E-state index contributed by atoms with van der Waals surface area (Å²) < 4.78 is 83.4.